The second-order valence-electron chi connectivity index (χ2n) is 5.57. The first-order valence-corrected chi connectivity index (χ1v) is 7.69. The molecule has 0 radical (unpaired) electrons. The maximum Gasteiger partial charge on any atom is 0.141 e. The molecule has 2 heterocycles. The molecule has 0 aliphatic carbocycles. The molecule has 118 valence electrons. The fourth-order valence-electron chi connectivity index (χ4n) is 2.61. The van der Waals surface area contributed by atoms with Gasteiger partial charge in [0.2, 0.25) is 0 Å². The van der Waals surface area contributed by atoms with E-state index in [9.17, 15) is 4.39 Å². The average Bonchev–Trinajstić information content (AvgIpc) is 3.05. The number of rotatable bonds is 4. The van der Waals surface area contributed by atoms with Crippen LogP contribution in [0.2, 0.25) is 0 Å². The Morgan fingerprint density at radius 1 is 0.958 bits per heavy atom. The molecule has 2 aromatic carbocycles. The van der Waals surface area contributed by atoms with Crippen molar-refractivity contribution in [1.82, 2.24) is 9.97 Å². The van der Waals surface area contributed by atoms with Gasteiger partial charge in [-0.1, -0.05) is 30.3 Å². The molecule has 0 saturated heterocycles. The molecule has 0 bridgehead atoms. The van der Waals surface area contributed by atoms with E-state index in [1.54, 1.807) is 6.07 Å². The molecule has 0 fully saturated rings. The van der Waals surface area contributed by atoms with Gasteiger partial charge in [-0.2, -0.15) is 0 Å². The van der Waals surface area contributed by atoms with Crippen molar-refractivity contribution in [3.63, 3.8) is 0 Å². The number of ether oxygens (including phenoxy) is 1. The van der Waals surface area contributed by atoms with Gasteiger partial charge in [0.05, 0.1) is 17.6 Å². The van der Waals surface area contributed by atoms with Crippen molar-refractivity contribution in [3.05, 3.63) is 84.3 Å². The summed E-state index contributed by atoms with van der Waals surface area (Å²) < 4.78 is 18.8. The van der Waals surface area contributed by atoms with E-state index >= 15 is 0 Å². The summed E-state index contributed by atoms with van der Waals surface area (Å²) in [6, 6.07) is 21.0. The van der Waals surface area contributed by atoms with Crippen LogP contribution in [-0.2, 0) is 6.61 Å². The maximum atomic E-state index is 13.0. The number of pyridine rings is 1. The van der Waals surface area contributed by atoms with Crippen LogP contribution >= 0.6 is 0 Å². The highest BCUT2D eigenvalue weighted by molar-refractivity contribution is 5.86. The molecule has 0 saturated carbocycles. The lowest BCUT2D eigenvalue weighted by Crippen LogP contribution is -1.94. The monoisotopic (exact) mass is 318 g/mol. The zero-order valence-corrected chi connectivity index (χ0v) is 12.9. The van der Waals surface area contributed by atoms with Gasteiger partial charge in [0, 0.05) is 10.9 Å². The van der Waals surface area contributed by atoms with Crippen molar-refractivity contribution in [2.45, 2.75) is 6.61 Å². The second-order valence-corrected chi connectivity index (χ2v) is 5.57. The number of aromatic nitrogens is 2. The van der Waals surface area contributed by atoms with Crippen LogP contribution in [0.15, 0.2) is 72.9 Å². The number of hydrogen-bond donors (Lipinski definition) is 1. The number of H-pyrrole nitrogens is 1. The standard InChI is InChI=1S/C20H15FN2O/c21-16-6-8-19(22-12-16)20-11-15-10-17(7-9-18(15)23-20)24-13-14-4-2-1-3-5-14/h1-12,23H,13H2. The molecule has 1 N–H and O–H groups in total. The molecule has 3 nitrogen and oxygen atoms in total. The zero-order chi connectivity index (χ0) is 16.4. The van der Waals surface area contributed by atoms with Crippen molar-refractivity contribution in [2.75, 3.05) is 0 Å². The van der Waals surface area contributed by atoms with Crippen LogP contribution in [0.4, 0.5) is 4.39 Å². The Labute approximate surface area is 138 Å². The molecule has 0 aliphatic heterocycles. The van der Waals surface area contributed by atoms with E-state index in [-0.39, 0.29) is 5.82 Å². The van der Waals surface area contributed by atoms with E-state index in [2.05, 4.69) is 9.97 Å². The minimum absolute atomic E-state index is 0.341. The molecular formula is C20H15FN2O. The molecule has 0 aliphatic rings. The second kappa shape index (κ2) is 6.16. The summed E-state index contributed by atoms with van der Waals surface area (Å²) in [5.41, 5.74) is 3.68. The number of nitrogens with one attached hydrogen (secondary N) is 1. The lowest BCUT2D eigenvalue weighted by atomic mass is 10.2. The summed E-state index contributed by atoms with van der Waals surface area (Å²) in [6.45, 7) is 0.531. The van der Waals surface area contributed by atoms with E-state index in [0.717, 1.165) is 27.9 Å². The van der Waals surface area contributed by atoms with Gasteiger partial charge < -0.3 is 9.72 Å². The molecular weight excluding hydrogens is 303 g/mol. The minimum Gasteiger partial charge on any atom is -0.489 e. The lowest BCUT2D eigenvalue weighted by Gasteiger charge is -2.06. The van der Waals surface area contributed by atoms with Crippen LogP contribution in [-0.4, -0.2) is 9.97 Å². The van der Waals surface area contributed by atoms with Crippen LogP contribution in [0.5, 0.6) is 5.75 Å². The summed E-state index contributed by atoms with van der Waals surface area (Å²) in [7, 11) is 0. The SMILES string of the molecule is Fc1ccc(-c2cc3cc(OCc4ccccc4)ccc3[nH]2)nc1. The van der Waals surface area contributed by atoms with Gasteiger partial charge in [0.1, 0.15) is 18.2 Å². The summed E-state index contributed by atoms with van der Waals surface area (Å²) in [4.78, 5) is 7.40. The molecule has 24 heavy (non-hydrogen) atoms. The number of benzene rings is 2. The van der Waals surface area contributed by atoms with Gasteiger partial charge in [-0.3, -0.25) is 4.98 Å². The molecule has 0 atom stereocenters. The van der Waals surface area contributed by atoms with Crippen LogP contribution in [0.1, 0.15) is 5.56 Å². The van der Waals surface area contributed by atoms with E-state index in [1.807, 2.05) is 54.6 Å². The van der Waals surface area contributed by atoms with Crippen LogP contribution in [0.25, 0.3) is 22.3 Å². The number of aromatic amines is 1. The average molecular weight is 318 g/mol. The Hall–Kier alpha value is -3.14. The molecule has 2 aromatic heterocycles. The fraction of sp³-hybridized carbons (Fsp3) is 0.0500. The van der Waals surface area contributed by atoms with E-state index in [0.29, 0.717) is 12.3 Å². The van der Waals surface area contributed by atoms with Gasteiger partial charge in [0.25, 0.3) is 0 Å². The topological polar surface area (TPSA) is 37.9 Å². The fourth-order valence-corrected chi connectivity index (χ4v) is 2.61. The Bertz CT molecular complexity index is 962. The summed E-state index contributed by atoms with van der Waals surface area (Å²) >= 11 is 0. The minimum atomic E-state index is -0.341. The highest BCUT2D eigenvalue weighted by atomic mass is 19.1. The zero-order valence-electron chi connectivity index (χ0n) is 12.9. The first-order valence-electron chi connectivity index (χ1n) is 7.69. The van der Waals surface area contributed by atoms with Crippen LogP contribution in [0.3, 0.4) is 0 Å². The first kappa shape index (κ1) is 14.5. The predicted molar refractivity (Wildman–Crippen MR) is 92.3 cm³/mol. The first-order chi connectivity index (χ1) is 11.8. The molecule has 0 unspecified atom stereocenters. The Morgan fingerprint density at radius 3 is 2.62 bits per heavy atom. The largest absolute Gasteiger partial charge is 0.489 e. The predicted octanol–water partition coefficient (Wildman–Crippen LogP) is 4.95. The normalized spacial score (nSPS) is 10.9. The summed E-state index contributed by atoms with van der Waals surface area (Å²) in [5.74, 6) is 0.468. The van der Waals surface area contributed by atoms with Gasteiger partial charge in [0.15, 0.2) is 0 Å². The third-order valence-corrected chi connectivity index (χ3v) is 3.84. The van der Waals surface area contributed by atoms with Gasteiger partial charge in [-0.25, -0.2) is 4.39 Å². The molecule has 4 rings (SSSR count). The smallest absolute Gasteiger partial charge is 0.141 e. The van der Waals surface area contributed by atoms with Crippen LogP contribution in [0, 0.1) is 5.82 Å². The van der Waals surface area contributed by atoms with Crippen molar-refractivity contribution in [2.24, 2.45) is 0 Å². The van der Waals surface area contributed by atoms with Crippen molar-refractivity contribution >= 4 is 10.9 Å². The third kappa shape index (κ3) is 2.99. The van der Waals surface area contributed by atoms with Crippen molar-refractivity contribution in [3.8, 4) is 17.1 Å². The highest BCUT2D eigenvalue weighted by Crippen LogP contribution is 2.26. The summed E-state index contributed by atoms with van der Waals surface area (Å²) in [6.07, 6.45) is 1.22. The summed E-state index contributed by atoms with van der Waals surface area (Å²) in [5, 5.41) is 1.03. The molecule has 4 aromatic rings. The van der Waals surface area contributed by atoms with Crippen LogP contribution < -0.4 is 4.74 Å². The van der Waals surface area contributed by atoms with E-state index < -0.39 is 0 Å². The number of hydrogen-bond acceptors (Lipinski definition) is 2. The van der Waals surface area contributed by atoms with E-state index in [1.165, 1.54) is 12.3 Å². The van der Waals surface area contributed by atoms with Crippen molar-refractivity contribution in [1.29, 1.82) is 0 Å². The third-order valence-electron chi connectivity index (χ3n) is 3.84. The Kier molecular flexibility index (Phi) is 3.71. The van der Waals surface area contributed by atoms with Gasteiger partial charge in [-0.05, 0) is 42.0 Å². The Morgan fingerprint density at radius 2 is 1.83 bits per heavy atom. The van der Waals surface area contributed by atoms with Crippen molar-refractivity contribution < 1.29 is 9.13 Å². The quantitative estimate of drug-likeness (QED) is 0.578. The lowest BCUT2D eigenvalue weighted by molar-refractivity contribution is 0.306. The van der Waals surface area contributed by atoms with Gasteiger partial charge >= 0.3 is 0 Å². The number of halogens is 1. The highest BCUT2D eigenvalue weighted by Gasteiger charge is 2.06. The van der Waals surface area contributed by atoms with Gasteiger partial charge in [-0.15, -0.1) is 0 Å². The molecule has 4 heteroatoms. The molecule has 0 spiro atoms. The maximum absolute atomic E-state index is 13.0. The molecule has 0 amide bonds. The number of nitrogens with zero attached hydrogens (tertiary/aromatic N) is 1. The Balaban J connectivity index is 1.58. The van der Waals surface area contributed by atoms with E-state index in [4.69, 9.17) is 4.74 Å². The number of fused-ring (bicyclic) bond motifs is 1.